The van der Waals surface area contributed by atoms with E-state index in [0.29, 0.717) is 30.3 Å². The van der Waals surface area contributed by atoms with E-state index in [2.05, 4.69) is 5.32 Å². The molecule has 0 unspecified atom stereocenters. The summed E-state index contributed by atoms with van der Waals surface area (Å²) in [4.78, 5) is 38.6. The van der Waals surface area contributed by atoms with E-state index in [0.717, 1.165) is 17.5 Å². The minimum absolute atomic E-state index is 0.138. The van der Waals surface area contributed by atoms with E-state index < -0.39 is 11.9 Å². The van der Waals surface area contributed by atoms with Gasteiger partial charge in [0.2, 0.25) is 5.91 Å². The number of anilines is 1. The van der Waals surface area contributed by atoms with Crippen LogP contribution in [0.4, 0.5) is 5.69 Å². The Morgan fingerprint density at radius 3 is 1.94 bits per heavy atom. The van der Waals surface area contributed by atoms with Crippen LogP contribution in [0.1, 0.15) is 31.8 Å². The second kappa shape index (κ2) is 10.1. The van der Waals surface area contributed by atoms with Gasteiger partial charge >= 0.3 is 11.9 Å². The van der Waals surface area contributed by atoms with E-state index in [9.17, 15) is 14.4 Å². The monoisotopic (exact) mass is 442 g/mol. The first-order valence-electron chi connectivity index (χ1n) is 9.96. The number of fused-ring (bicyclic) bond motifs is 1. The van der Waals surface area contributed by atoms with Crippen molar-refractivity contribution in [1.29, 1.82) is 0 Å². The lowest BCUT2D eigenvalue weighted by atomic mass is 9.99. The Morgan fingerprint density at radius 1 is 0.844 bits per heavy atom. The largest absolute Gasteiger partial charge is 0.493 e. The van der Waals surface area contributed by atoms with Crippen molar-refractivity contribution < 1.29 is 33.3 Å². The number of carbonyl (C=O) groups is 3. The summed E-state index contributed by atoms with van der Waals surface area (Å²) >= 11 is 0. The van der Waals surface area contributed by atoms with Crippen molar-refractivity contribution in [2.45, 2.75) is 13.0 Å². The maximum absolute atomic E-state index is 12.7. The van der Waals surface area contributed by atoms with Crippen LogP contribution in [0.5, 0.6) is 11.5 Å². The van der Waals surface area contributed by atoms with Gasteiger partial charge in [0.15, 0.2) is 11.5 Å². The van der Waals surface area contributed by atoms with Gasteiger partial charge in [-0.05, 0) is 47.9 Å². The highest BCUT2D eigenvalue weighted by Crippen LogP contribution is 2.33. The zero-order chi connectivity index (χ0) is 23.3. The van der Waals surface area contributed by atoms with Gasteiger partial charge in [-0.1, -0.05) is 0 Å². The van der Waals surface area contributed by atoms with Crippen molar-refractivity contribution in [3.05, 3.63) is 52.6 Å². The van der Waals surface area contributed by atoms with Gasteiger partial charge in [-0.3, -0.25) is 9.69 Å². The first-order valence-corrected chi connectivity index (χ1v) is 9.96. The number of rotatable bonds is 7. The Bertz CT molecular complexity index is 1000. The van der Waals surface area contributed by atoms with Gasteiger partial charge in [0.25, 0.3) is 0 Å². The van der Waals surface area contributed by atoms with Gasteiger partial charge in [-0.2, -0.15) is 0 Å². The van der Waals surface area contributed by atoms with Crippen molar-refractivity contribution in [1.82, 2.24) is 4.90 Å². The maximum Gasteiger partial charge on any atom is 0.337 e. The lowest BCUT2D eigenvalue weighted by Gasteiger charge is -2.29. The first kappa shape index (κ1) is 23.1. The van der Waals surface area contributed by atoms with Crippen LogP contribution in [0.25, 0.3) is 0 Å². The van der Waals surface area contributed by atoms with Crippen LogP contribution in [0, 0.1) is 0 Å². The summed E-state index contributed by atoms with van der Waals surface area (Å²) in [7, 11) is 5.67. The number of methoxy groups -OCH3 is 4. The van der Waals surface area contributed by atoms with Crippen molar-refractivity contribution in [3.63, 3.8) is 0 Å². The summed E-state index contributed by atoms with van der Waals surface area (Å²) in [5, 5.41) is 2.75. The van der Waals surface area contributed by atoms with Gasteiger partial charge < -0.3 is 24.3 Å². The Kier molecular flexibility index (Phi) is 7.32. The van der Waals surface area contributed by atoms with E-state index in [1.165, 1.54) is 32.4 Å². The van der Waals surface area contributed by atoms with Crippen LogP contribution < -0.4 is 14.8 Å². The van der Waals surface area contributed by atoms with E-state index in [4.69, 9.17) is 18.9 Å². The molecule has 1 N–H and O–H groups in total. The average Bonchev–Trinajstić information content (AvgIpc) is 2.81. The van der Waals surface area contributed by atoms with Gasteiger partial charge in [0.05, 0.1) is 46.1 Å². The molecule has 1 amide bonds. The SMILES string of the molecule is COC(=O)c1cc(NC(=O)CN2CCc3cc(OC)c(OC)cc3C2)cc(C(=O)OC)c1. The highest BCUT2D eigenvalue weighted by molar-refractivity contribution is 5.99. The molecule has 0 fully saturated rings. The zero-order valence-corrected chi connectivity index (χ0v) is 18.5. The van der Waals surface area contributed by atoms with Gasteiger partial charge in [0.1, 0.15) is 0 Å². The molecule has 1 aliphatic rings. The van der Waals surface area contributed by atoms with Crippen LogP contribution in [0.3, 0.4) is 0 Å². The number of nitrogens with zero attached hydrogens (tertiary/aromatic N) is 1. The van der Waals surface area contributed by atoms with Crippen molar-refractivity contribution >= 4 is 23.5 Å². The van der Waals surface area contributed by atoms with E-state index in [1.54, 1.807) is 14.2 Å². The number of esters is 2. The normalized spacial score (nSPS) is 13.0. The lowest BCUT2D eigenvalue weighted by molar-refractivity contribution is -0.117. The fraction of sp³-hybridized carbons (Fsp3) is 0.348. The highest BCUT2D eigenvalue weighted by atomic mass is 16.5. The zero-order valence-electron chi connectivity index (χ0n) is 18.5. The summed E-state index contributed by atoms with van der Waals surface area (Å²) < 4.78 is 20.2. The Balaban J connectivity index is 1.72. The fourth-order valence-electron chi connectivity index (χ4n) is 3.65. The molecule has 0 saturated carbocycles. The Hall–Kier alpha value is -3.59. The minimum Gasteiger partial charge on any atom is -0.493 e. The third-order valence-electron chi connectivity index (χ3n) is 5.22. The average molecular weight is 442 g/mol. The molecule has 170 valence electrons. The van der Waals surface area contributed by atoms with Crippen LogP contribution in [-0.4, -0.2) is 64.3 Å². The van der Waals surface area contributed by atoms with Gasteiger partial charge in [-0.25, -0.2) is 9.59 Å². The predicted molar refractivity (Wildman–Crippen MR) is 116 cm³/mol. The number of nitrogens with one attached hydrogen (secondary N) is 1. The molecule has 0 atom stereocenters. The molecule has 9 nitrogen and oxygen atoms in total. The smallest absolute Gasteiger partial charge is 0.337 e. The molecule has 3 rings (SSSR count). The van der Waals surface area contributed by atoms with Crippen LogP contribution >= 0.6 is 0 Å². The third kappa shape index (κ3) is 5.17. The van der Waals surface area contributed by atoms with Gasteiger partial charge in [0, 0.05) is 18.8 Å². The summed E-state index contributed by atoms with van der Waals surface area (Å²) in [6, 6.07) is 8.17. The summed E-state index contributed by atoms with van der Waals surface area (Å²) in [5.74, 6) is -0.185. The van der Waals surface area contributed by atoms with Crippen molar-refractivity contribution in [3.8, 4) is 11.5 Å². The first-order chi connectivity index (χ1) is 15.4. The molecule has 2 aromatic carbocycles. The summed E-state index contributed by atoms with van der Waals surface area (Å²) in [5.41, 5.74) is 2.81. The molecular weight excluding hydrogens is 416 g/mol. The quantitative estimate of drug-likeness (QED) is 0.652. The molecule has 0 radical (unpaired) electrons. The summed E-state index contributed by atoms with van der Waals surface area (Å²) in [6.07, 6.45) is 0.771. The highest BCUT2D eigenvalue weighted by Gasteiger charge is 2.22. The predicted octanol–water partition coefficient (Wildman–Crippen LogP) is 2.27. The Labute approximate surface area is 186 Å². The second-order valence-corrected chi connectivity index (χ2v) is 7.27. The van der Waals surface area contributed by atoms with Crippen molar-refractivity contribution in [2.75, 3.05) is 46.8 Å². The molecule has 32 heavy (non-hydrogen) atoms. The minimum atomic E-state index is -0.622. The summed E-state index contributed by atoms with van der Waals surface area (Å²) in [6.45, 7) is 1.42. The van der Waals surface area contributed by atoms with Crippen molar-refractivity contribution in [2.24, 2.45) is 0 Å². The lowest BCUT2D eigenvalue weighted by Crippen LogP contribution is -2.37. The molecular formula is C23H26N2O7. The molecule has 1 heterocycles. The maximum atomic E-state index is 12.7. The molecule has 2 aromatic rings. The number of carbonyl (C=O) groups excluding carboxylic acids is 3. The number of benzene rings is 2. The van der Waals surface area contributed by atoms with E-state index in [-0.39, 0.29) is 23.6 Å². The molecule has 1 aliphatic heterocycles. The number of hydrogen-bond acceptors (Lipinski definition) is 8. The van der Waals surface area contributed by atoms with Gasteiger partial charge in [-0.15, -0.1) is 0 Å². The molecule has 0 saturated heterocycles. The second-order valence-electron chi connectivity index (χ2n) is 7.27. The fourth-order valence-corrected chi connectivity index (χ4v) is 3.65. The molecule has 0 aromatic heterocycles. The van der Waals surface area contributed by atoms with E-state index >= 15 is 0 Å². The Morgan fingerprint density at radius 2 is 1.41 bits per heavy atom. The molecule has 0 spiro atoms. The number of amides is 1. The van der Waals surface area contributed by atoms with E-state index in [1.807, 2.05) is 17.0 Å². The van der Waals surface area contributed by atoms with Crippen LogP contribution in [-0.2, 0) is 27.2 Å². The molecule has 9 heteroatoms. The standard InChI is InChI=1S/C23H26N2O7/c1-29-19-10-14-5-6-25(12-17(14)11-20(19)30-2)13-21(26)24-18-8-15(22(27)31-3)7-16(9-18)23(28)32-4/h7-11H,5-6,12-13H2,1-4H3,(H,24,26). The van der Waals surface area contributed by atoms with Crippen LogP contribution in [0.2, 0.25) is 0 Å². The molecule has 0 bridgehead atoms. The number of ether oxygens (including phenoxy) is 4. The third-order valence-corrected chi connectivity index (χ3v) is 5.22. The molecule has 0 aliphatic carbocycles. The topological polar surface area (TPSA) is 103 Å². The number of hydrogen-bond donors (Lipinski definition) is 1. The van der Waals surface area contributed by atoms with Crippen LogP contribution in [0.15, 0.2) is 30.3 Å².